The fourth-order valence-corrected chi connectivity index (χ4v) is 1.64. The number of ether oxygens (including phenoxy) is 1. The van der Waals surface area contributed by atoms with Crippen LogP contribution < -0.4 is 7.81 Å². The zero-order valence-electron chi connectivity index (χ0n) is 6.33. The van der Waals surface area contributed by atoms with Crippen LogP contribution >= 0.6 is 0 Å². The summed E-state index contributed by atoms with van der Waals surface area (Å²) in [5.41, 5.74) is 0. The van der Waals surface area contributed by atoms with Crippen molar-refractivity contribution in [3.8, 4) is 5.75 Å². The first-order valence-electron chi connectivity index (χ1n) is 3.29. The minimum absolute atomic E-state index is 0.268. The molecule has 1 aromatic carbocycles. The van der Waals surface area contributed by atoms with E-state index < -0.39 is 0 Å². The summed E-state index contributed by atoms with van der Waals surface area (Å²) >= 11 is 0.648. The molecule has 0 amide bonds. The topological polar surface area (TPSA) is 26.3 Å². The first-order chi connectivity index (χ1) is 5.18. The molecule has 0 fully saturated rings. The van der Waals surface area contributed by atoms with Crippen LogP contribution in [0.15, 0.2) is 24.3 Å². The van der Waals surface area contributed by atoms with E-state index in [1.165, 1.54) is 10.00 Å². The van der Waals surface area contributed by atoms with Crippen LogP contribution in [0.4, 0.5) is 0 Å². The number of carbonyl (C=O) groups excluding carboxylic acids is 1. The fraction of sp³-hybridized carbons (Fsp3) is 0.125. The summed E-state index contributed by atoms with van der Waals surface area (Å²) in [6.45, 7) is 1.40. The van der Waals surface area contributed by atoms with E-state index >= 15 is 0 Å². The van der Waals surface area contributed by atoms with Crippen molar-refractivity contribution < 1.29 is 35.7 Å². The molecule has 0 aliphatic heterocycles. The van der Waals surface area contributed by atoms with Gasteiger partial charge in [-0.25, -0.2) is 0 Å². The number of esters is 1. The third-order valence-corrected chi connectivity index (χ3v) is 3.02. The second-order valence-corrected chi connectivity index (χ2v) is 5.41. The molecular weight excluding hydrogens is 329 g/mol. The van der Waals surface area contributed by atoms with E-state index in [-0.39, 0.29) is 5.97 Å². The van der Waals surface area contributed by atoms with Crippen LogP contribution in [0.2, 0.25) is 0 Å². The normalized spacial score (nSPS) is 9.36. The van der Waals surface area contributed by atoms with E-state index in [9.17, 15) is 4.79 Å². The van der Waals surface area contributed by atoms with E-state index in [0.717, 1.165) is 0 Å². The molecule has 0 N–H and O–H groups in total. The Labute approximate surface area is 81.5 Å². The first-order valence-corrected chi connectivity index (χ1v) is 6.04. The van der Waals surface area contributed by atoms with Crippen molar-refractivity contribution >= 4 is 9.04 Å². The summed E-state index contributed by atoms with van der Waals surface area (Å²) in [6.07, 6.45) is 0. The molecule has 0 atom stereocenters. The Morgan fingerprint density at radius 3 is 2.36 bits per heavy atom. The maximum atomic E-state index is 10.5. The average Bonchev–Trinajstić information content (AvgIpc) is 1.93. The molecular formula is C8H7HgO2. The van der Waals surface area contributed by atoms with Crippen LogP contribution in [0.3, 0.4) is 0 Å². The second-order valence-electron chi connectivity index (χ2n) is 2.24. The molecule has 0 saturated heterocycles. The van der Waals surface area contributed by atoms with Gasteiger partial charge in [-0.15, -0.1) is 0 Å². The predicted octanol–water partition coefficient (Wildman–Crippen LogP) is 0.784. The van der Waals surface area contributed by atoms with Crippen LogP contribution in [-0.4, -0.2) is 5.97 Å². The average molecular weight is 336 g/mol. The molecule has 11 heavy (non-hydrogen) atoms. The third kappa shape index (κ3) is 3.01. The van der Waals surface area contributed by atoms with Gasteiger partial charge in [-0.2, -0.15) is 0 Å². The second kappa shape index (κ2) is 3.86. The van der Waals surface area contributed by atoms with Crippen LogP contribution in [-0.2, 0) is 30.9 Å². The van der Waals surface area contributed by atoms with E-state index in [0.29, 0.717) is 31.9 Å². The van der Waals surface area contributed by atoms with E-state index in [2.05, 4.69) is 0 Å². The summed E-state index contributed by atoms with van der Waals surface area (Å²) < 4.78 is 6.20. The zero-order valence-corrected chi connectivity index (χ0v) is 11.8. The maximum absolute atomic E-state index is 10.5. The molecule has 1 aromatic rings. The molecule has 0 aromatic heterocycles. The number of rotatable bonds is 1. The molecule has 0 saturated carbocycles. The SMILES string of the molecule is CC(=O)Oc1cc[c]([Hg])cc1. The van der Waals surface area contributed by atoms with E-state index in [1.807, 2.05) is 24.3 Å². The summed E-state index contributed by atoms with van der Waals surface area (Å²) in [5.74, 6) is 0.364. The Morgan fingerprint density at radius 1 is 1.36 bits per heavy atom. The van der Waals surface area contributed by atoms with Crippen molar-refractivity contribution in [2.45, 2.75) is 6.92 Å². The number of hydrogen-bond acceptors (Lipinski definition) is 2. The van der Waals surface area contributed by atoms with Crippen LogP contribution in [0, 0.1) is 0 Å². The zero-order chi connectivity index (χ0) is 8.27. The van der Waals surface area contributed by atoms with Gasteiger partial charge in [0.1, 0.15) is 0 Å². The van der Waals surface area contributed by atoms with Gasteiger partial charge in [0.25, 0.3) is 0 Å². The molecule has 0 heterocycles. The summed E-state index contributed by atoms with van der Waals surface area (Å²) in [7, 11) is 0. The predicted molar refractivity (Wildman–Crippen MR) is 37.4 cm³/mol. The van der Waals surface area contributed by atoms with Crippen LogP contribution in [0.1, 0.15) is 6.92 Å². The van der Waals surface area contributed by atoms with Crippen molar-refractivity contribution in [3.05, 3.63) is 24.3 Å². The van der Waals surface area contributed by atoms with E-state index in [4.69, 9.17) is 4.74 Å². The van der Waals surface area contributed by atoms with Crippen molar-refractivity contribution in [2.24, 2.45) is 0 Å². The molecule has 0 aliphatic rings. The van der Waals surface area contributed by atoms with Crippen LogP contribution in [0.5, 0.6) is 5.75 Å². The van der Waals surface area contributed by atoms with Gasteiger partial charge in [-0.3, -0.25) is 0 Å². The number of benzene rings is 1. The molecule has 2 nitrogen and oxygen atoms in total. The fourth-order valence-electron chi connectivity index (χ4n) is 0.723. The first kappa shape index (κ1) is 8.72. The Hall–Kier alpha value is -0.375. The molecule has 3 heteroatoms. The Bertz CT molecular complexity index is 253. The third-order valence-electron chi connectivity index (χ3n) is 1.18. The minimum atomic E-state index is -0.268. The van der Waals surface area contributed by atoms with Gasteiger partial charge in [-0.05, 0) is 0 Å². The van der Waals surface area contributed by atoms with Crippen molar-refractivity contribution in [1.29, 1.82) is 0 Å². The van der Waals surface area contributed by atoms with Gasteiger partial charge in [0.2, 0.25) is 0 Å². The number of carbonyl (C=O) groups is 1. The molecule has 0 aliphatic carbocycles. The van der Waals surface area contributed by atoms with Gasteiger partial charge in [0.05, 0.1) is 0 Å². The number of hydrogen-bond donors (Lipinski definition) is 0. The van der Waals surface area contributed by atoms with E-state index in [1.54, 1.807) is 0 Å². The molecule has 1 rings (SSSR count). The molecule has 0 unspecified atom stereocenters. The van der Waals surface area contributed by atoms with Gasteiger partial charge in [0.15, 0.2) is 0 Å². The van der Waals surface area contributed by atoms with Crippen molar-refractivity contribution in [1.82, 2.24) is 0 Å². The monoisotopic (exact) mass is 337 g/mol. The Balaban J connectivity index is 2.74. The summed E-state index contributed by atoms with van der Waals surface area (Å²) in [4.78, 5) is 10.5. The van der Waals surface area contributed by atoms with Gasteiger partial charge in [0, 0.05) is 0 Å². The molecule has 0 spiro atoms. The molecule has 0 bridgehead atoms. The van der Waals surface area contributed by atoms with Gasteiger partial charge < -0.3 is 0 Å². The van der Waals surface area contributed by atoms with Crippen molar-refractivity contribution in [3.63, 3.8) is 0 Å². The summed E-state index contributed by atoms with van der Waals surface area (Å²) in [6, 6.07) is 7.62. The Kier molecular flexibility index (Phi) is 3.06. The summed E-state index contributed by atoms with van der Waals surface area (Å²) in [5, 5.41) is 0. The van der Waals surface area contributed by atoms with Crippen molar-refractivity contribution in [2.75, 3.05) is 0 Å². The molecule has 0 radical (unpaired) electrons. The Morgan fingerprint density at radius 2 is 1.91 bits per heavy atom. The quantitative estimate of drug-likeness (QED) is 0.431. The van der Waals surface area contributed by atoms with Crippen LogP contribution in [0.25, 0.3) is 0 Å². The standard InChI is InChI=1S/C8H7O2.Hg/c1-7(9)10-8-5-3-2-4-6-8;/h3-6H,1H3;. The molecule has 53 valence electrons. The van der Waals surface area contributed by atoms with Gasteiger partial charge in [-0.1, -0.05) is 0 Å². The van der Waals surface area contributed by atoms with Gasteiger partial charge >= 0.3 is 81.6 Å².